The van der Waals surface area contributed by atoms with Gasteiger partial charge in [-0.25, -0.2) is 13.8 Å². The third-order valence-electron chi connectivity index (χ3n) is 1.41. The van der Waals surface area contributed by atoms with E-state index >= 15 is 0 Å². The number of aromatic nitrogens is 1. The van der Waals surface area contributed by atoms with Gasteiger partial charge in [0.25, 0.3) is 6.43 Å². The van der Waals surface area contributed by atoms with Crippen LogP contribution >= 0.6 is 27.5 Å². The summed E-state index contributed by atoms with van der Waals surface area (Å²) < 4.78 is 24.5. The fraction of sp³-hybridized carbons (Fsp3) is 0.286. The van der Waals surface area contributed by atoms with E-state index in [9.17, 15) is 8.78 Å². The van der Waals surface area contributed by atoms with Crippen LogP contribution in [0.1, 0.15) is 17.7 Å². The van der Waals surface area contributed by atoms with Crippen molar-refractivity contribution >= 4 is 27.5 Å². The zero-order valence-electron chi connectivity index (χ0n) is 6.27. The first-order valence-corrected chi connectivity index (χ1v) is 4.47. The van der Waals surface area contributed by atoms with Crippen LogP contribution in [0.15, 0.2) is 10.7 Å². The first-order chi connectivity index (χ1) is 6.06. The Labute approximate surface area is 86.7 Å². The standard InChI is InChI=1S/C7H5BrClF2NO/c8-6-5(9)3(2-13)1-4(12-6)7(10)11/h1,7,13H,2H2. The molecule has 6 heteroatoms. The number of aliphatic hydroxyl groups excluding tert-OH is 1. The van der Waals surface area contributed by atoms with Crippen LogP contribution in [0.5, 0.6) is 0 Å². The minimum atomic E-state index is -2.67. The molecule has 0 saturated heterocycles. The summed E-state index contributed by atoms with van der Waals surface area (Å²) in [7, 11) is 0. The lowest BCUT2D eigenvalue weighted by atomic mass is 10.2. The zero-order valence-corrected chi connectivity index (χ0v) is 8.61. The Morgan fingerprint density at radius 2 is 2.23 bits per heavy atom. The molecule has 0 fully saturated rings. The molecule has 0 aliphatic carbocycles. The molecular formula is C7H5BrClF2NO. The van der Waals surface area contributed by atoms with Crippen molar-refractivity contribution < 1.29 is 13.9 Å². The number of nitrogens with zero attached hydrogens (tertiary/aromatic N) is 1. The van der Waals surface area contributed by atoms with Crippen molar-refractivity contribution in [2.45, 2.75) is 13.0 Å². The first kappa shape index (κ1) is 10.8. The van der Waals surface area contributed by atoms with E-state index < -0.39 is 12.1 Å². The van der Waals surface area contributed by atoms with Gasteiger partial charge in [0.05, 0.1) is 11.6 Å². The molecule has 0 aliphatic heterocycles. The predicted octanol–water partition coefficient (Wildman–Crippen LogP) is 2.93. The van der Waals surface area contributed by atoms with E-state index in [0.29, 0.717) is 0 Å². The second-order valence-electron chi connectivity index (χ2n) is 2.27. The van der Waals surface area contributed by atoms with E-state index in [1.54, 1.807) is 0 Å². The molecule has 0 aromatic carbocycles. The molecular weight excluding hydrogens is 267 g/mol. The summed E-state index contributed by atoms with van der Waals surface area (Å²) in [4.78, 5) is 3.50. The lowest BCUT2D eigenvalue weighted by Crippen LogP contribution is -1.96. The van der Waals surface area contributed by atoms with Gasteiger partial charge in [-0.1, -0.05) is 11.6 Å². The second-order valence-corrected chi connectivity index (χ2v) is 3.40. The lowest BCUT2D eigenvalue weighted by Gasteiger charge is -2.05. The fourth-order valence-corrected chi connectivity index (χ4v) is 1.41. The van der Waals surface area contributed by atoms with Crippen LogP contribution in [0.25, 0.3) is 0 Å². The third kappa shape index (κ3) is 2.36. The van der Waals surface area contributed by atoms with Gasteiger partial charge in [0.15, 0.2) is 0 Å². The minimum Gasteiger partial charge on any atom is -0.392 e. The van der Waals surface area contributed by atoms with Gasteiger partial charge in [0.2, 0.25) is 0 Å². The van der Waals surface area contributed by atoms with Crippen molar-refractivity contribution in [2.24, 2.45) is 0 Å². The van der Waals surface area contributed by atoms with Crippen molar-refractivity contribution in [1.29, 1.82) is 0 Å². The number of aliphatic hydroxyl groups is 1. The molecule has 2 nitrogen and oxygen atoms in total. The van der Waals surface area contributed by atoms with Gasteiger partial charge in [-0.3, -0.25) is 0 Å². The molecule has 0 amide bonds. The average molecular weight is 272 g/mol. The van der Waals surface area contributed by atoms with Crippen molar-refractivity contribution in [3.05, 3.63) is 26.9 Å². The van der Waals surface area contributed by atoms with Crippen molar-refractivity contribution in [3.8, 4) is 0 Å². The molecule has 1 aromatic heterocycles. The maximum atomic E-state index is 12.2. The molecule has 1 aromatic rings. The summed E-state index contributed by atoms with van der Waals surface area (Å²) in [5, 5.41) is 8.93. The van der Waals surface area contributed by atoms with E-state index in [1.165, 1.54) is 0 Å². The minimum absolute atomic E-state index is 0.121. The van der Waals surface area contributed by atoms with E-state index in [-0.39, 0.29) is 21.8 Å². The Kier molecular flexibility index (Phi) is 3.58. The second kappa shape index (κ2) is 4.30. The summed E-state index contributed by atoms with van der Waals surface area (Å²) in [5.41, 5.74) is -0.167. The smallest absolute Gasteiger partial charge is 0.280 e. The fourth-order valence-electron chi connectivity index (χ4n) is 0.796. The maximum absolute atomic E-state index is 12.2. The highest BCUT2D eigenvalue weighted by Gasteiger charge is 2.14. The average Bonchev–Trinajstić information content (AvgIpc) is 2.09. The van der Waals surface area contributed by atoms with Crippen LogP contribution in [-0.4, -0.2) is 10.1 Å². The molecule has 0 radical (unpaired) electrons. The number of alkyl halides is 2. The largest absolute Gasteiger partial charge is 0.392 e. The van der Waals surface area contributed by atoms with Gasteiger partial charge in [-0.15, -0.1) is 0 Å². The molecule has 0 saturated carbocycles. The van der Waals surface area contributed by atoms with Crippen LogP contribution in [0, 0.1) is 0 Å². The van der Waals surface area contributed by atoms with E-state index in [4.69, 9.17) is 16.7 Å². The highest BCUT2D eigenvalue weighted by atomic mass is 79.9. The Hall–Kier alpha value is -0.260. The summed E-state index contributed by atoms with van der Waals surface area (Å²) in [6.07, 6.45) is -2.67. The van der Waals surface area contributed by atoms with Crippen LogP contribution < -0.4 is 0 Å². The maximum Gasteiger partial charge on any atom is 0.280 e. The molecule has 0 atom stereocenters. The number of hydrogen-bond donors (Lipinski definition) is 1. The SMILES string of the molecule is OCc1cc(C(F)F)nc(Br)c1Cl. The van der Waals surface area contributed by atoms with Crippen LogP contribution in [0.3, 0.4) is 0 Å². The van der Waals surface area contributed by atoms with Gasteiger partial charge in [0.1, 0.15) is 10.3 Å². The van der Waals surface area contributed by atoms with E-state index in [0.717, 1.165) is 6.07 Å². The number of pyridine rings is 1. The van der Waals surface area contributed by atoms with Gasteiger partial charge >= 0.3 is 0 Å². The Bertz CT molecular complexity index is 322. The monoisotopic (exact) mass is 271 g/mol. The summed E-state index contributed by atoms with van der Waals surface area (Å²) in [6.45, 7) is -0.389. The Morgan fingerprint density at radius 1 is 1.62 bits per heavy atom. The van der Waals surface area contributed by atoms with E-state index in [1.807, 2.05) is 0 Å². The van der Waals surface area contributed by atoms with Crippen LogP contribution in [-0.2, 0) is 6.61 Å². The summed E-state index contributed by atoms with van der Waals surface area (Å²) >= 11 is 8.57. The topological polar surface area (TPSA) is 33.1 Å². The van der Waals surface area contributed by atoms with Crippen LogP contribution in [0.2, 0.25) is 5.02 Å². The molecule has 13 heavy (non-hydrogen) atoms. The zero-order chi connectivity index (χ0) is 10.0. The molecule has 0 bridgehead atoms. The normalized spacial score (nSPS) is 10.9. The first-order valence-electron chi connectivity index (χ1n) is 3.30. The van der Waals surface area contributed by atoms with Crippen molar-refractivity contribution in [3.63, 3.8) is 0 Å². The number of hydrogen-bond acceptors (Lipinski definition) is 2. The molecule has 0 aliphatic rings. The quantitative estimate of drug-likeness (QED) is 0.840. The van der Waals surface area contributed by atoms with Gasteiger partial charge in [0, 0.05) is 5.56 Å². The Morgan fingerprint density at radius 3 is 2.69 bits per heavy atom. The molecule has 72 valence electrons. The summed E-state index contributed by atoms with van der Waals surface area (Å²) in [5.74, 6) is 0. The van der Waals surface area contributed by atoms with Gasteiger partial charge in [-0.05, 0) is 22.0 Å². The van der Waals surface area contributed by atoms with Crippen LogP contribution in [0.4, 0.5) is 8.78 Å². The number of rotatable bonds is 2. The Balaban J connectivity index is 3.22. The summed E-state index contributed by atoms with van der Waals surface area (Å²) in [6, 6.07) is 1.08. The molecule has 0 spiro atoms. The highest BCUT2D eigenvalue weighted by Crippen LogP contribution is 2.28. The van der Waals surface area contributed by atoms with Crippen molar-refractivity contribution in [2.75, 3.05) is 0 Å². The molecule has 1 heterocycles. The van der Waals surface area contributed by atoms with E-state index in [2.05, 4.69) is 20.9 Å². The number of halogens is 4. The van der Waals surface area contributed by atoms with Crippen molar-refractivity contribution in [1.82, 2.24) is 4.98 Å². The van der Waals surface area contributed by atoms with Gasteiger partial charge in [-0.2, -0.15) is 0 Å². The molecule has 1 rings (SSSR count). The molecule has 0 unspecified atom stereocenters. The van der Waals surface area contributed by atoms with Gasteiger partial charge < -0.3 is 5.11 Å². The lowest BCUT2D eigenvalue weighted by molar-refractivity contribution is 0.145. The highest BCUT2D eigenvalue weighted by molar-refractivity contribution is 9.10. The predicted molar refractivity (Wildman–Crippen MR) is 47.8 cm³/mol. The third-order valence-corrected chi connectivity index (χ3v) is 2.63. The molecule has 1 N–H and O–H groups in total.